The zero-order chi connectivity index (χ0) is 22.0. The van der Waals surface area contributed by atoms with E-state index < -0.39 is 11.7 Å². The lowest BCUT2D eigenvalue weighted by Gasteiger charge is -2.12. The molecule has 2 amide bonds. The van der Waals surface area contributed by atoms with E-state index in [0.717, 1.165) is 18.4 Å². The van der Waals surface area contributed by atoms with E-state index in [0.29, 0.717) is 11.3 Å². The Balaban J connectivity index is 1.56. The van der Waals surface area contributed by atoms with Crippen LogP contribution in [-0.2, 0) is 4.79 Å². The SMILES string of the molecule is Cc1ccc(C(=O)c2ccccc2C(=O)Nc2ccc(F)c(NC(=O)C3CC3)c2)cc1. The Morgan fingerprint density at radius 2 is 1.55 bits per heavy atom. The molecule has 1 fully saturated rings. The quantitative estimate of drug-likeness (QED) is 0.558. The summed E-state index contributed by atoms with van der Waals surface area (Å²) in [5.41, 5.74) is 2.32. The van der Waals surface area contributed by atoms with Gasteiger partial charge in [-0.15, -0.1) is 0 Å². The predicted octanol–water partition coefficient (Wildman–Crippen LogP) is 4.97. The van der Waals surface area contributed by atoms with Crippen molar-refractivity contribution < 1.29 is 18.8 Å². The largest absolute Gasteiger partial charge is 0.323 e. The molecule has 0 spiro atoms. The van der Waals surface area contributed by atoms with Crippen LogP contribution in [0, 0.1) is 18.7 Å². The molecule has 5 nitrogen and oxygen atoms in total. The number of aryl methyl sites for hydroxylation is 1. The smallest absolute Gasteiger partial charge is 0.256 e. The van der Waals surface area contributed by atoms with Crippen molar-refractivity contribution >= 4 is 29.0 Å². The van der Waals surface area contributed by atoms with Gasteiger partial charge < -0.3 is 10.6 Å². The van der Waals surface area contributed by atoms with Crippen LogP contribution in [0.5, 0.6) is 0 Å². The van der Waals surface area contributed by atoms with E-state index in [9.17, 15) is 18.8 Å². The first-order valence-electron chi connectivity index (χ1n) is 10.0. The Hall–Kier alpha value is -3.80. The summed E-state index contributed by atoms with van der Waals surface area (Å²) in [6.07, 6.45) is 1.60. The molecule has 3 aromatic carbocycles. The van der Waals surface area contributed by atoms with Crippen LogP contribution in [0.2, 0.25) is 0 Å². The third-order valence-corrected chi connectivity index (χ3v) is 5.16. The van der Waals surface area contributed by atoms with Crippen LogP contribution in [0.25, 0.3) is 0 Å². The fourth-order valence-corrected chi connectivity index (χ4v) is 3.22. The van der Waals surface area contributed by atoms with E-state index in [1.54, 1.807) is 36.4 Å². The van der Waals surface area contributed by atoms with Gasteiger partial charge in [0.2, 0.25) is 5.91 Å². The molecule has 0 atom stereocenters. The van der Waals surface area contributed by atoms with E-state index in [2.05, 4.69) is 10.6 Å². The maximum Gasteiger partial charge on any atom is 0.256 e. The van der Waals surface area contributed by atoms with Gasteiger partial charge >= 0.3 is 0 Å². The minimum Gasteiger partial charge on any atom is -0.323 e. The molecule has 4 rings (SSSR count). The van der Waals surface area contributed by atoms with E-state index in [1.165, 1.54) is 18.2 Å². The van der Waals surface area contributed by atoms with Crippen molar-refractivity contribution in [3.63, 3.8) is 0 Å². The molecule has 156 valence electrons. The number of hydrogen-bond acceptors (Lipinski definition) is 3. The highest BCUT2D eigenvalue weighted by Crippen LogP contribution is 2.31. The number of nitrogens with one attached hydrogen (secondary N) is 2. The minimum atomic E-state index is -0.582. The minimum absolute atomic E-state index is 0.0127. The third-order valence-electron chi connectivity index (χ3n) is 5.16. The van der Waals surface area contributed by atoms with Gasteiger partial charge in [-0.3, -0.25) is 14.4 Å². The molecular weight excluding hydrogens is 395 g/mol. The second-order valence-electron chi connectivity index (χ2n) is 7.65. The lowest BCUT2D eigenvalue weighted by atomic mass is 9.97. The molecule has 3 aromatic rings. The summed E-state index contributed by atoms with van der Waals surface area (Å²) in [7, 11) is 0. The summed E-state index contributed by atoms with van der Waals surface area (Å²) in [5.74, 6) is -1.64. The van der Waals surface area contributed by atoms with E-state index in [1.807, 2.05) is 19.1 Å². The predicted molar refractivity (Wildman–Crippen MR) is 117 cm³/mol. The average molecular weight is 416 g/mol. The molecule has 6 heteroatoms. The van der Waals surface area contributed by atoms with Gasteiger partial charge in [-0.2, -0.15) is 0 Å². The van der Waals surface area contributed by atoms with Crippen molar-refractivity contribution in [2.75, 3.05) is 10.6 Å². The Bertz CT molecular complexity index is 1170. The van der Waals surface area contributed by atoms with Crippen molar-refractivity contribution in [3.05, 3.63) is 94.8 Å². The number of amides is 2. The summed E-state index contributed by atoms with van der Waals surface area (Å²) < 4.78 is 14.1. The number of anilines is 2. The van der Waals surface area contributed by atoms with Crippen molar-refractivity contribution in [3.8, 4) is 0 Å². The van der Waals surface area contributed by atoms with Crippen LogP contribution < -0.4 is 10.6 Å². The fourth-order valence-electron chi connectivity index (χ4n) is 3.22. The first-order chi connectivity index (χ1) is 14.9. The number of carbonyl (C=O) groups excluding carboxylic acids is 3. The van der Waals surface area contributed by atoms with Gasteiger partial charge in [0.1, 0.15) is 5.82 Å². The Kier molecular flexibility index (Phi) is 5.62. The highest BCUT2D eigenvalue weighted by atomic mass is 19.1. The molecule has 0 aromatic heterocycles. The maximum atomic E-state index is 14.1. The summed E-state index contributed by atoms with van der Waals surface area (Å²) in [5, 5.41) is 5.25. The van der Waals surface area contributed by atoms with E-state index >= 15 is 0 Å². The maximum absolute atomic E-state index is 14.1. The summed E-state index contributed by atoms with van der Waals surface area (Å²) in [6.45, 7) is 1.93. The molecule has 0 heterocycles. The third kappa shape index (κ3) is 4.69. The number of benzene rings is 3. The van der Waals surface area contributed by atoms with Crippen LogP contribution in [0.15, 0.2) is 66.7 Å². The molecule has 0 radical (unpaired) electrons. The van der Waals surface area contributed by atoms with Gasteiger partial charge in [0, 0.05) is 22.7 Å². The summed E-state index contributed by atoms with van der Waals surface area (Å²) in [4.78, 5) is 37.8. The van der Waals surface area contributed by atoms with Gasteiger partial charge in [0.25, 0.3) is 5.91 Å². The average Bonchev–Trinajstić information content (AvgIpc) is 3.62. The number of ketones is 1. The lowest BCUT2D eigenvalue weighted by Crippen LogP contribution is -2.18. The van der Waals surface area contributed by atoms with Crippen molar-refractivity contribution in [2.24, 2.45) is 5.92 Å². The summed E-state index contributed by atoms with van der Waals surface area (Å²) in [6, 6.07) is 17.6. The van der Waals surface area contributed by atoms with Crippen LogP contribution in [0.4, 0.5) is 15.8 Å². The second kappa shape index (κ2) is 8.52. The first-order valence-corrected chi connectivity index (χ1v) is 10.0. The van der Waals surface area contributed by atoms with Gasteiger partial charge in [-0.1, -0.05) is 48.0 Å². The molecule has 1 aliphatic carbocycles. The normalized spacial score (nSPS) is 12.8. The van der Waals surface area contributed by atoms with Gasteiger partial charge in [-0.05, 0) is 44.0 Å². The Morgan fingerprint density at radius 3 is 2.23 bits per heavy atom. The fraction of sp³-hybridized carbons (Fsp3) is 0.160. The molecule has 2 N–H and O–H groups in total. The van der Waals surface area contributed by atoms with Crippen LogP contribution >= 0.6 is 0 Å². The number of carbonyl (C=O) groups is 3. The van der Waals surface area contributed by atoms with Crippen LogP contribution in [-0.4, -0.2) is 17.6 Å². The standard InChI is InChI=1S/C25H21FN2O3/c1-15-6-8-16(9-7-15)23(29)19-4-2-3-5-20(19)25(31)27-18-12-13-21(26)22(14-18)28-24(30)17-10-11-17/h2-9,12-14,17H,10-11H2,1H3,(H,27,31)(H,28,30). The lowest BCUT2D eigenvalue weighted by molar-refractivity contribution is -0.117. The monoisotopic (exact) mass is 416 g/mol. The van der Waals surface area contributed by atoms with Gasteiger partial charge in [0.15, 0.2) is 5.78 Å². The summed E-state index contributed by atoms with van der Waals surface area (Å²) >= 11 is 0. The molecule has 0 aliphatic heterocycles. The Labute approximate surface area is 179 Å². The van der Waals surface area contributed by atoms with Crippen LogP contribution in [0.1, 0.15) is 44.7 Å². The van der Waals surface area contributed by atoms with Crippen LogP contribution in [0.3, 0.4) is 0 Å². The second-order valence-corrected chi connectivity index (χ2v) is 7.65. The van der Waals surface area contributed by atoms with Crippen molar-refractivity contribution in [1.29, 1.82) is 0 Å². The molecule has 1 saturated carbocycles. The van der Waals surface area contributed by atoms with Gasteiger partial charge in [-0.25, -0.2) is 4.39 Å². The zero-order valence-electron chi connectivity index (χ0n) is 16.9. The van der Waals surface area contributed by atoms with Gasteiger partial charge in [0.05, 0.1) is 11.3 Å². The highest BCUT2D eigenvalue weighted by Gasteiger charge is 2.30. The number of rotatable bonds is 6. The topological polar surface area (TPSA) is 75.3 Å². The van der Waals surface area contributed by atoms with Crippen molar-refractivity contribution in [1.82, 2.24) is 0 Å². The van der Waals surface area contributed by atoms with E-state index in [4.69, 9.17) is 0 Å². The molecule has 0 unspecified atom stereocenters. The molecule has 1 aliphatic rings. The van der Waals surface area contributed by atoms with Crippen molar-refractivity contribution in [2.45, 2.75) is 19.8 Å². The highest BCUT2D eigenvalue weighted by molar-refractivity contribution is 6.17. The molecular formula is C25H21FN2O3. The molecule has 0 saturated heterocycles. The van der Waals surface area contributed by atoms with E-state index in [-0.39, 0.29) is 34.4 Å². The first kappa shape index (κ1) is 20.5. The number of halogens is 1. The Morgan fingerprint density at radius 1 is 0.871 bits per heavy atom. The molecule has 0 bridgehead atoms. The number of hydrogen-bond donors (Lipinski definition) is 2. The molecule has 31 heavy (non-hydrogen) atoms. The zero-order valence-corrected chi connectivity index (χ0v) is 16.9.